The molecule has 0 fully saturated rings. The number of thiazole rings is 1. The van der Waals surface area contributed by atoms with Gasteiger partial charge in [0, 0.05) is 13.1 Å². The van der Waals surface area contributed by atoms with Crippen LogP contribution in [0.2, 0.25) is 0 Å². The molecule has 0 saturated heterocycles. The summed E-state index contributed by atoms with van der Waals surface area (Å²) in [6.45, 7) is 0.975. The Morgan fingerprint density at radius 2 is 2.33 bits per heavy atom. The minimum Gasteiger partial charge on any atom is -0.495 e. The van der Waals surface area contributed by atoms with Gasteiger partial charge in [0.25, 0.3) is 0 Å². The highest BCUT2D eigenvalue weighted by Crippen LogP contribution is 2.26. The lowest BCUT2D eigenvalue weighted by Gasteiger charge is -2.05. The van der Waals surface area contributed by atoms with Crippen LogP contribution in [0.15, 0.2) is 23.0 Å². The Morgan fingerprint density at radius 3 is 3.00 bits per heavy atom. The molecule has 0 aliphatic rings. The first kappa shape index (κ1) is 10.2. The van der Waals surface area contributed by atoms with Gasteiger partial charge in [-0.15, -0.1) is 0 Å². The summed E-state index contributed by atoms with van der Waals surface area (Å²) in [6.07, 6.45) is 0. The normalized spacial score (nSPS) is 10.8. The van der Waals surface area contributed by atoms with Crippen molar-refractivity contribution in [1.82, 2.24) is 4.57 Å². The first-order valence-electron chi connectivity index (χ1n) is 4.64. The molecule has 0 radical (unpaired) electrons. The van der Waals surface area contributed by atoms with Gasteiger partial charge in [-0.3, -0.25) is 9.36 Å². The number of methoxy groups -OCH3 is 1. The maximum absolute atomic E-state index is 11.7. The summed E-state index contributed by atoms with van der Waals surface area (Å²) in [5, 5.41) is 0. The molecule has 1 aromatic heterocycles. The molecule has 0 aliphatic carbocycles. The number of nitrogens with zero attached hydrogens (tertiary/aromatic N) is 1. The standard InChI is InChI=1S/C10H12N2O2S/c1-14-7-3-2-4-8-9(7)12(6-5-11)10(13)15-8/h2-4H,5-6,11H2,1H3. The monoisotopic (exact) mass is 224 g/mol. The molecule has 0 unspecified atom stereocenters. The van der Waals surface area contributed by atoms with E-state index in [0.717, 1.165) is 16.0 Å². The molecular weight excluding hydrogens is 212 g/mol. The van der Waals surface area contributed by atoms with Gasteiger partial charge in [-0.05, 0) is 12.1 Å². The lowest BCUT2D eigenvalue weighted by Crippen LogP contribution is -2.18. The molecule has 0 bridgehead atoms. The van der Waals surface area contributed by atoms with Crippen LogP contribution in [0.1, 0.15) is 0 Å². The molecule has 0 amide bonds. The van der Waals surface area contributed by atoms with Gasteiger partial charge in [0.1, 0.15) is 11.3 Å². The van der Waals surface area contributed by atoms with E-state index in [1.165, 1.54) is 11.3 Å². The van der Waals surface area contributed by atoms with Gasteiger partial charge < -0.3 is 10.5 Å². The van der Waals surface area contributed by atoms with E-state index in [0.29, 0.717) is 13.1 Å². The average Bonchev–Trinajstić information content (AvgIpc) is 2.56. The molecule has 2 aromatic rings. The zero-order valence-corrected chi connectivity index (χ0v) is 9.21. The third kappa shape index (κ3) is 1.64. The molecule has 0 spiro atoms. The van der Waals surface area contributed by atoms with E-state index in [9.17, 15) is 4.79 Å². The second-order valence-electron chi connectivity index (χ2n) is 3.12. The number of rotatable bonds is 3. The number of aromatic nitrogens is 1. The van der Waals surface area contributed by atoms with Crippen molar-refractivity contribution < 1.29 is 4.74 Å². The fourth-order valence-corrected chi connectivity index (χ4v) is 2.52. The molecular formula is C10H12N2O2S. The summed E-state index contributed by atoms with van der Waals surface area (Å²) in [7, 11) is 1.60. The van der Waals surface area contributed by atoms with E-state index in [2.05, 4.69) is 0 Å². The Hall–Kier alpha value is -1.33. The molecule has 2 rings (SSSR count). The lowest BCUT2D eigenvalue weighted by molar-refractivity contribution is 0.417. The number of nitrogens with two attached hydrogens (primary N) is 1. The molecule has 1 heterocycles. The molecule has 0 aliphatic heterocycles. The summed E-state index contributed by atoms with van der Waals surface area (Å²) in [6, 6.07) is 5.64. The summed E-state index contributed by atoms with van der Waals surface area (Å²) in [5.74, 6) is 0.722. The van der Waals surface area contributed by atoms with Gasteiger partial charge in [-0.2, -0.15) is 0 Å². The number of para-hydroxylation sites is 1. The minimum absolute atomic E-state index is 0.0138. The second kappa shape index (κ2) is 4.04. The van der Waals surface area contributed by atoms with E-state index in [1.807, 2.05) is 18.2 Å². The number of benzene rings is 1. The largest absolute Gasteiger partial charge is 0.495 e. The van der Waals surface area contributed by atoms with Crippen molar-refractivity contribution in [3.05, 3.63) is 27.9 Å². The van der Waals surface area contributed by atoms with Crippen molar-refractivity contribution in [2.75, 3.05) is 13.7 Å². The van der Waals surface area contributed by atoms with Crippen LogP contribution >= 0.6 is 11.3 Å². The summed E-state index contributed by atoms with van der Waals surface area (Å²) < 4.78 is 7.84. The molecule has 0 atom stereocenters. The highest BCUT2D eigenvalue weighted by molar-refractivity contribution is 7.16. The summed E-state index contributed by atoms with van der Waals surface area (Å²) in [5.41, 5.74) is 6.32. The topological polar surface area (TPSA) is 57.2 Å². The van der Waals surface area contributed by atoms with E-state index in [4.69, 9.17) is 10.5 Å². The molecule has 80 valence electrons. The molecule has 0 saturated carbocycles. The van der Waals surface area contributed by atoms with Crippen LogP contribution in [0.5, 0.6) is 5.75 Å². The Kier molecular flexibility index (Phi) is 2.75. The van der Waals surface area contributed by atoms with Crippen molar-refractivity contribution in [1.29, 1.82) is 0 Å². The van der Waals surface area contributed by atoms with Gasteiger partial charge in [-0.1, -0.05) is 17.4 Å². The first-order chi connectivity index (χ1) is 7.27. The Bertz CT molecular complexity index is 530. The maximum Gasteiger partial charge on any atom is 0.308 e. The Morgan fingerprint density at radius 1 is 1.53 bits per heavy atom. The highest BCUT2D eigenvalue weighted by Gasteiger charge is 2.10. The number of hydrogen-bond donors (Lipinski definition) is 1. The molecule has 4 nitrogen and oxygen atoms in total. The number of ether oxygens (including phenoxy) is 1. The van der Waals surface area contributed by atoms with Crippen molar-refractivity contribution in [2.24, 2.45) is 5.73 Å². The Balaban J connectivity index is 2.76. The SMILES string of the molecule is COc1cccc2sc(=O)n(CCN)c12. The highest BCUT2D eigenvalue weighted by atomic mass is 32.1. The quantitative estimate of drug-likeness (QED) is 0.847. The Labute approximate surface area is 90.9 Å². The van der Waals surface area contributed by atoms with Crippen LogP contribution < -0.4 is 15.3 Å². The zero-order chi connectivity index (χ0) is 10.8. The van der Waals surface area contributed by atoms with Crippen LogP contribution in [0.3, 0.4) is 0 Å². The molecule has 1 aromatic carbocycles. The van der Waals surface area contributed by atoms with Crippen molar-refractivity contribution in [3.63, 3.8) is 0 Å². The third-order valence-corrected chi connectivity index (χ3v) is 3.17. The number of hydrogen-bond acceptors (Lipinski definition) is 4. The predicted octanol–water partition coefficient (Wildman–Crippen LogP) is 1.03. The van der Waals surface area contributed by atoms with E-state index in [1.54, 1.807) is 11.7 Å². The average molecular weight is 224 g/mol. The van der Waals surface area contributed by atoms with Gasteiger partial charge in [0.05, 0.1) is 11.8 Å². The van der Waals surface area contributed by atoms with Crippen molar-refractivity contribution in [3.8, 4) is 5.75 Å². The van der Waals surface area contributed by atoms with E-state index in [-0.39, 0.29) is 4.87 Å². The van der Waals surface area contributed by atoms with Crippen LogP contribution in [-0.4, -0.2) is 18.2 Å². The fourth-order valence-electron chi connectivity index (χ4n) is 1.59. The second-order valence-corrected chi connectivity index (χ2v) is 4.11. The van der Waals surface area contributed by atoms with Crippen LogP contribution in [0, 0.1) is 0 Å². The van der Waals surface area contributed by atoms with Crippen molar-refractivity contribution >= 4 is 21.6 Å². The summed E-state index contributed by atoms with van der Waals surface area (Å²) >= 11 is 1.22. The first-order valence-corrected chi connectivity index (χ1v) is 5.46. The van der Waals surface area contributed by atoms with E-state index >= 15 is 0 Å². The fraction of sp³-hybridized carbons (Fsp3) is 0.300. The molecule has 15 heavy (non-hydrogen) atoms. The smallest absolute Gasteiger partial charge is 0.308 e. The zero-order valence-electron chi connectivity index (χ0n) is 8.40. The summed E-state index contributed by atoms with van der Waals surface area (Å²) in [4.78, 5) is 11.7. The van der Waals surface area contributed by atoms with Crippen LogP contribution in [0.25, 0.3) is 10.2 Å². The van der Waals surface area contributed by atoms with Gasteiger partial charge in [-0.25, -0.2) is 0 Å². The lowest BCUT2D eigenvalue weighted by atomic mass is 10.3. The maximum atomic E-state index is 11.7. The van der Waals surface area contributed by atoms with Crippen molar-refractivity contribution in [2.45, 2.75) is 6.54 Å². The predicted molar refractivity (Wildman–Crippen MR) is 61.7 cm³/mol. The van der Waals surface area contributed by atoms with Crippen LogP contribution in [-0.2, 0) is 6.54 Å². The van der Waals surface area contributed by atoms with Crippen LogP contribution in [0.4, 0.5) is 0 Å². The van der Waals surface area contributed by atoms with Gasteiger partial charge in [0.2, 0.25) is 0 Å². The van der Waals surface area contributed by atoms with Gasteiger partial charge in [0.15, 0.2) is 0 Å². The number of fused-ring (bicyclic) bond motifs is 1. The molecule has 5 heteroatoms. The van der Waals surface area contributed by atoms with E-state index < -0.39 is 0 Å². The van der Waals surface area contributed by atoms with Gasteiger partial charge >= 0.3 is 4.87 Å². The minimum atomic E-state index is 0.0138. The third-order valence-electron chi connectivity index (χ3n) is 2.22. The molecule has 2 N–H and O–H groups in total.